The summed E-state index contributed by atoms with van der Waals surface area (Å²) in [4.78, 5) is 30.1. The van der Waals surface area contributed by atoms with Crippen LogP contribution >= 0.6 is 91.8 Å². The predicted molar refractivity (Wildman–Crippen MR) is 512 cm³/mol. The van der Waals surface area contributed by atoms with Crippen LogP contribution in [0.25, 0.3) is 71.5 Å². The van der Waals surface area contributed by atoms with Crippen molar-refractivity contribution in [3.63, 3.8) is 0 Å². The molecule has 618 valence electrons. The maximum atomic E-state index is 12.7. The third-order valence-corrected chi connectivity index (χ3v) is 28.6. The SMILES string of the molecule is [C-]#[N+]/C(c1cnc2cc(Cl)c(Cl)cc2n1)=c1\c2c(-c3ccc(OCCCCCCCCCCCCCCCCCCCC)cc3)n(B(c3ccc(C)s3)c3ccc(C)s3)/c(=C(/C#N)c3cnc4cc(Cl)c(Cl)cc4n3)c2c(-c2ccc(OCCCCCCCCCCCCCCCCCCCC)cc2)n1B(c1ccc(C)s1)c1ccc(C)s1. The molecule has 0 radical (unpaired) electrons. The highest BCUT2D eigenvalue weighted by molar-refractivity contribution is 7.32. The molecule has 0 saturated heterocycles. The standard InChI is InChI=1S/C98H116B2Cl4N8O2S4/c1-8-10-12-14-16-18-20-22-24-26-28-30-32-34-36-38-40-42-60-113-75-52-48-73(49-53-75)95-92-93(98(94(106-7)87-68-108-83-63-79(102)81(104)65-85(83)110-87)112(95)100(90-58-46-71(5)117-90)91-59-47-72(6)118-91)96(74-50-54-76(55-51-74)114-61-43-41-39-37-35-33-31-29-27-25-23-21-19-17-15-13-11-9-2)111(99(88-56-44-69(3)115-88)89-57-45-70(4)116-89)97(92)77(66-105)86-67-107-82-62-78(101)80(103)64-84(82)109-86/h44-59,62-65,67-68H,8-43,60-61H2,1-6H3/b97-77-,98-94+. The van der Waals surface area contributed by atoms with Crippen LogP contribution in [0.3, 0.4) is 0 Å². The Balaban J connectivity index is 0.984. The first kappa shape index (κ1) is 90.0. The molecule has 4 aromatic carbocycles. The quantitative estimate of drug-likeness (QED) is 0.0212. The highest BCUT2D eigenvalue weighted by Gasteiger charge is 2.39. The smallest absolute Gasteiger partial charge is 0.349 e. The van der Waals surface area contributed by atoms with Gasteiger partial charge in [-0.25, -0.2) is 9.83 Å². The number of ether oxygens (including phenoxy) is 2. The summed E-state index contributed by atoms with van der Waals surface area (Å²) in [5.41, 5.74) is 6.27. The van der Waals surface area contributed by atoms with Gasteiger partial charge in [-0.1, -0.05) is 303 Å². The molecule has 0 aliphatic rings. The van der Waals surface area contributed by atoms with Crippen LogP contribution in [0.4, 0.5) is 0 Å². The first-order chi connectivity index (χ1) is 57.7. The van der Waals surface area contributed by atoms with E-state index in [1.807, 2.05) is 0 Å². The zero-order chi connectivity index (χ0) is 82.5. The van der Waals surface area contributed by atoms with Crippen molar-refractivity contribution in [3.8, 4) is 40.1 Å². The zero-order valence-electron chi connectivity index (χ0n) is 70.3. The van der Waals surface area contributed by atoms with Crippen LogP contribution < -0.4 is 39.3 Å². The molecule has 10 nitrogen and oxygen atoms in total. The molecule has 12 aromatic rings. The van der Waals surface area contributed by atoms with E-state index >= 15 is 0 Å². The Morgan fingerprint density at radius 3 is 0.983 bits per heavy atom. The molecule has 118 heavy (non-hydrogen) atoms. The van der Waals surface area contributed by atoms with Crippen LogP contribution in [-0.4, -0.2) is 55.8 Å². The summed E-state index contributed by atoms with van der Waals surface area (Å²) in [7, 11) is 0. The van der Waals surface area contributed by atoms with E-state index in [9.17, 15) is 11.8 Å². The molecule has 0 N–H and O–H groups in total. The van der Waals surface area contributed by atoms with Gasteiger partial charge in [-0.2, -0.15) is 50.6 Å². The summed E-state index contributed by atoms with van der Waals surface area (Å²) in [6, 6.07) is 44.2. The summed E-state index contributed by atoms with van der Waals surface area (Å²) in [6.07, 6.45) is 50.7. The fourth-order valence-electron chi connectivity index (χ4n) is 16.7. The van der Waals surface area contributed by atoms with Crippen molar-refractivity contribution in [1.82, 2.24) is 28.9 Å². The maximum absolute atomic E-state index is 12.7. The van der Waals surface area contributed by atoms with E-state index in [4.69, 9.17) is 80.7 Å². The van der Waals surface area contributed by atoms with Crippen LogP contribution in [0.15, 0.2) is 134 Å². The second-order valence-corrected chi connectivity index (χ2v) is 39.1. The number of aromatic nitrogens is 6. The molecule has 12 rings (SSSR count). The number of halogens is 4. The molecule has 0 atom stereocenters. The first-order valence-electron chi connectivity index (χ1n) is 44.1. The number of nitrogens with zero attached hydrogens (tertiary/aromatic N) is 8. The molecule has 8 heterocycles. The minimum absolute atomic E-state index is 0.229. The molecule has 0 fully saturated rings. The average molecular weight is 1730 g/mol. The van der Waals surface area contributed by atoms with Crippen molar-refractivity contribution in [2.45, 2.75) is 273 Å². The summed E-state index contributed by atoms with van der Waals surface area (Å²) in [5, 5.41) is 16.6. The molecular formula is C98H116B2Cl4N8O2S4. The van der Waals surface area contributed by atoms with Crippen LogP contribution in [0, 0.1) is 45.6 Å². The summed E-state index contributed by atoms with van der Waals surface area (Å²) in [5.74, 6) is 1.50. The van der Waals surface area contributed by atoms with Crippen molar-refractivity contribution in [1.29, 1.82) is 5.26 Å². The number of aryl methyl sites for hydroxylation is 4. The highest BCUT2D eigenvalue weighted by atomic mass is 35.5. The molecule has 20 heteroatoms. The van der Waals surface area contributed by atoms with E-state index in [0.29, 0.717) is 88.2 Å². The Hall–Kier alpha value is -7.21. The van der Waals surface area contributed by atoms with E-state index in [1.54, 1.807) is 82.0 Å². The Kier molecular flexibility index (Phi) is 35.6. The summed E-state index contributed by atoms with van der Waals surface area (Å²) < 4.78 is 22.4. The third kappa shape index (κ3) is 24.1. The van der Waals surface area contributed by atoms with Gasteiger partial charge in [-0.3, -0.25) is 15.0 Å². The van der Waals surface area contributed by atoms with Crippen LogP contribution in [0.5, 0.6) is 11.5 Å². The molecule has 8 aromatic heterocycles. The van der Waals surface area contributed by atoms with E-state index in [1.165, 1.54) is 205 Å². The minimum atomic E-state index is -0.552. The number of nitriles is 1. The van der Waals surface area contributed by atoms with Crippen LogP contribution in [0.1, 0.15) is 276 Å². The fraction of sp³-hybridized carbons (Fsp3) is 0.449. The van der Waals surface area contributed by atoms with Gasteiger partial charge in [0.05, 0.1) is 79.2 Å². The van der Waals surface area contributed by atoms with Crippen molar-refractivity contribution in [3.05, 3.63) is 207 Å². The fourth-order valence-corrected chi connectivity index (χ4v) is 21.4. The second-order valence-electron chi connectivity index (χ2n) is 32.2. The summed E-state index contributed by atoms with van der Waals surface area (Å²) >= 11 is 34.1. The zero-order valence-corrected chi connectivity index (χ0v) is 76.6. The van der Waals surface area contributed by atoms with Gasteiger partial charge in [0.15, 0.2) is 0 Å². The first-order valence-corrected chi connectivity index (χ1v) is 48.8. The number of hydrogen-bond acceptors (Lipinski definition) is 11. The lowest BCUT2D eigenvalue weighted by Crippen LogP contribution is -2.52. The van der Waals surface area contributed by atoms with Gasteiger partial charge in [-0.15, -0.1) is 0 Å². The van der Waals surface area contributed by atoms with Gasteiger partial charge in [0, 0.05) is 72.3 Å². The van der Waals surface area contributed by atoms with Gasteiger partial charge in [0.2, 0.25) is 5.70 Å². The van der Waals surface area contributed by atoms with E-state index < -0.39 is 13.7 Å². The van der Waals surface area contributed by atoms with Gasteiger partial charge < -0.3 is 18.4 Å². The number of benzene rings is 4. The molecule has 0 amide bonds. The number of rotatable bonds is 50. The highest BCUT2D eigenvalue weighted by Crippen LogP contribution is 2.40. The Labute approximate surface area is 738 Å². The van der Waals surface area contributed by atoms with Gasteiger partial charge >= 0.3 is 13.7 Å². The lowest BCUT2D eigenvalue weighted by Gasteiger charge is -2.22. The largest absolute Gasteiger partial charge is 0.494 e. The number of thiophene rings is 4. The van der Waals surface area contributed by atoms with E-state index in [0.717, 1.165) is 98.3 Å². The van der Waals surface area contributed by atoms with E-state index in [2.05, 4.69) is 154 Å². The lowest BCUT2D eigenvalue weighted by atomic mass is 9.58. The number of hydrogen-bond donors (Lipinski definition) is 0. The Bertz CT molecular complexity index is 5020. The minimum Gasteiger partial charge on any atom is -0.494 e. The van der Waals surface area contributed by atoms with Gasteiger partial charge in [0.1, 0.15) is 28.8 Å². The summed E-state index contributed by atoms with van der Waals surface area (Å²) in [6.45, 7) is 23.1. The van der Waals surface area contributed by atoms with Crippen molar-refractivity contribution in [2.24, 2.45) is 0 Å². The Morgan fingerprint density at radius 2 is 0.678 bits per heavy atom. The number of unbranched alkanes of at least 4 members (excludes halogenated alkanes) is 34. The third-order valence-electron chi connectivity index (χ3n) is 22.9. The monoisotopic (exact) mass is 1730 g/mol. The van der Waals surface area contributed by atoms with E-state index in [-0.39, 0.29) is 11.3 Å². The van der Waals surface area contributed by atoms with Crippen LogP contribution in [0.2, 0.25) is 20.1 Å². The molecule has 0 unspecified atom stereocenters. The second kappa shape index (κ2) is 46.7. The molecule has 0 spiro atoms. The predicted octanol–water partition coefficient (Wildman–Crippen LogP) is 27.7. The van der Waals surface area contributed by atoms with Crippen LogP contribution in [-0.2, 0) is 0 Å². The Morgan fingerprint density at radius 1 is 0.390 bits per heavy atom. The average Bonchev–Trinajstić information content (AvgIpc) is 1.52. The molecule has 0 aliphatic carbocycles. The van der Waals surface area contributed by atoms with Crippen molar-refractivity contribution < 1.29 is 9.47 Å². The normalized spacial score (nSPS) is 12.2. The maximum Gasteiger partial charge on any atom is 0.349 e. The topological polar surface area (TPSA) is 108 Å². The molecule has 0 aliphatic heterocycles. The number of fused-ring (bicyclic) bond motifs is 3. The van der Waals surface area contributed by atoms with Gasteiger partial charge in [-0.05, 0) is 149 Å². The molecular weight excluding hydrogens is 1610 g/mol. The molecule has 0 saturated carbocycles. The van der Waals surface area contributed by atoms with Crippen molar-refractivity contribution in [2.75, 3.05) is 13.2 Å². The van der Waals surface area contributed by atoms with Gasteiger partial charge in [0.25, 0.3) is 0 Å². The molecule has 0 bridgehead atoms. The lowest BCUT2D eigenvalue weighted by molar-refractivity contribution is 0.304. The van der Waals surface area contributed by atoms with Crippen molar-refractivity contribution >= 4 is 169 Å².